The number of H-pyrrole nitrogens is 1. The minimum atomic E-state index is -0.446. The van der Waals surface area contributed by atoms with E-state index in [1.54, 1.807) is 36.3 Å². The molecule has 1 amide bonds. The highest BCUT2D eigenvalue weighted by Crippen LogP contribution is 2.44. The van der Waals surface area contributed by atoms with Crippen LogP contribution in [-0.2, 0) is 4.74 Å². The van der Waals surface area contributed by atoms with E-state index >= 15 is 0 Å². The van der Waals surface area contributed by atoms with Crippen LogP contribution in [0.2, 0.25) is 0 Å². The molecule has 1 unspecified atom stereocenters. The summed E-state index contributed by atoms with van der Waals surface area (Å²) in [6, 6.07) is 11.7. The second-order valence-corrected chi connectivity index (χ2v) is 6.87. The zero-order chi connectivity index (χ0) is 19.8. The van der Waals surface area contributed by atoms with Gasteiger partial charge in [-0.25, -0.2) is 0 Å². The number of nitrogens with one attached hydrogen (secondary N) is 1. The first kappa shape index (κ1) is 18.1. The van der Waals surface area contributed by atoms with E-state index in [1.807, 2.05) is 25.1 Å². The van der Waals surface area contributed by atoms with Gasteiger partial charge in [-0.2, -0.15) is 5.10 Å². The van der Waals surface area contributed by atoms with Crippen LogP contribution in [0.5, 0.6) is 11.5 Å². The predicted octanol–water partition coefficient (Wildman–Crippen LogP) is 2.99. The number of aryl methyl sites for hydroxylation is 1. The van der Waals surface area contributed by atoms with Gasteiger partial charge in [0.1, 0.15) is 22.9 Å². The van der Waals surface area contributed by atoms with Gasteiger partial charge in [0.2, 0.25) is 0 Å². The van der Waals surface area contributed by atoms with E-state index in [9.17, 15) is 15.0 Å². The molecule has 3 N–H and O–H groups in total. The standard InChI is InChI=1S/C21H21N3O4/c1-12-6-7-16(26)15(10-12)18-17-19(23-22-18)21(27)24(8-9-28-2)20(17)13-4-3-5-14(25)11-13/h3-7,10-11,20,25-26H,8-9H2,1-2H3,(H,22,23). The molecule has 0 radical (unpaired) electrons. The topological polar surface area (TPSA) is 98.7 Å². The maximum absolute atomic E-state index is 13.0. The van der Waals surface area contributed by atoms with E-state index in [1.165, 1.54) is 0 Å². The Balaban J connectivity index is 1.91. The fraction of sp³-hybridized carbons (Fsp3) is 0.238. The average Bonchev–Trinajstić information content (AvgIpc) is 3.21. The van der Waals surface area contributed by atoms with Gasteiger partial charge in [-0.15, -0.1) is 0 Å². The third-order valence-electron chi connectivity index (χ3n) is 4.99. The van der Waals surface area contributed by atoms with Gasteiger partial charge in [0.25, 0.3) is 5.91 Å². The van der Waals surface area contributed by atoms with Crippen molar-refractivity contribution in [2.24, 2.45) is 0 Å². The summed E-state index contributed by atoms with van der Waals surface area (Å²) in [4.78, 5) is 14.7. The summed E-state index contributed by atoms with van der Waals surface area (Å²) in [6.45, 7) is 2.69. The average molecular weight is 379 g/mol. The van der Waals surface area contributed by atoms with Crippen molar-refractivity contribution in [1.82, 2.24) is 15.1 Å². The number of phenolic OH excluding ortho intramolecular Hbond substituents is 2. The van der Waals surface area contributed by atoms with Gasteiger partial charge < -0.3 is 19.8 Å². The number of ether oxygens (including phenoxy) is 1. The molecule has 2 heterocycles. The van der Waals surface area contributed by atoms with Crippen LogP contribution in [0.25, 0.3) is 11.3 Å². The number of phenols is 2. The summed E-state index contributed by atoms with van der Waals surface area (Å²) in [6.07, 6.45) is 0. The van der Waals surface area contributed by atoms with Crippen molar-refractivity contribution in [3.63, 3.8) is 0 Å². The van der Waals surface area contributed by atoms with Crippen molar-refractivity contribution in [2.45, 2.75) is 13.0 Å². The molecule has 7 heteroatoms. The molecule has 1 aliphatic rings. The molecule has 0 fully saturated rings. The number of methoxy groups -OCH3 is 1. The number of carbonyl (C=O) groups excluding carboxylic acids is 1. The number of aromatic nitrogens is 2. The quantitative estimate of drug-likeness (QED) is 0.633. The number of benzene rings is 2. The predicted molar refractivity (Wildman–Crippen MR) is 103 cm³/mol. The van der Waals surface area contributed by atoms with Gasteiger partial charge >= 0.3 is 0 Å². The number of aromatic amines is 1. The van der Waals surface area contributed by atoms with Crippen LogP contribution >= 0.6 is 0 Å². The van der Waals surface area contributed by atoms with E-state index in [0.29, 0.717) is 35.7 Å². The number of fused-ring (bicyclic) bond motifs is 1. The summed E-state index contributed by atoms with van der Waals surface area (Å²) in [5.74, 6) is 0.0252. The summed E-state index contributed by atoms with van der Waals surface area (Å²) in [5, 5.41) is 27.6. The highest BCUT2D eigenvalue weighted by molar-refractivity contribution is 6.00. The first-order chi connectivity index (χ1) is 13.5. The first-order valence-corrected chi connectivity index (χ1v) is 8.98. The molecule has 144 valence electrons. The lowest BCUT2D eigenvalue weighted by molar-refractivity contribution is 0.0677. The Morgan fingerprint density at radius 3 is 2.79 bits per heavy atom. The Hall–Kier alpha value is -3.32. The number of aromatic hydroxyl groups is 2. The van der Waals surface area contributed by atoms with E-state index in [4.69, 9.17) is 4.74 Å². The maximum atomic E-state index is 13.0. The van der Waals surface area contributed by atoms with Crippen LogP contribution in [0.4, 0.5) is 0 Å². The van der Waals surface area contributed by atoms with Gasteiger partial charge in [0.15, 0.2) is 0 Å². The Morgan fingerprint density at radius 2 is 2.04 bits per heavy atom. The fourth-order valence-electron chi connectivity index (χ4n) is 3.70. The second-order valence-electron chi connectivity index (χ2n) is 6.87. The summed E-state index contributed by atoms with van der Waals surface area (Å²) >= 11 is 0. The Kier molecular flexibility index (Phi) is 4.52. The Morgan fingerprint density at radius 1 is 1.21 bits per heavy atom. The monoisotopic (exact) mass is 379 g/mol. The van der Waals surface area contributed by atoms with Crippen LogP contribution in [-0.4, -0.2) is 51.5 Å². The van der Waals surface area contributed by atoms with E-state index in [-0.39, 0.29) is 17.4 Å². The summed E-state index contributed by atoms with van der Waals surface area (Å²) < 4.78 is 5.18. The van der Waals surface area contributed by atoms with Crippen molar-refractivity contribution < 1.29 is 19.7 Å². The Labute approximate surface area is 162 Å². The van der Waals surface area contributed by atoms with Crippen LogP contribution < -0.4 is 0 Å². The van der Waals surface area contributed by atoms with Crippen molar-refractivity contribution >= 4 is 5.91 Å². The molecule has 1 atom stereocenters. The van der Waals surface area contributed by atoms with E-state index in [0.717, 1.165) is 11.1 Å². The largest absolute Gasteiger partial charge is 0.508 e. The number of carbonyl (C=O) groups is 1. The van der Waals surface area contributed by atoms with Gasteiger partial charge in [-0.3, -0.25) is 9.89 Å². The van der Waals surface area contributed by atoms with Crippen molar-refractivity contribution in [3.05, 3.63) is 64.8 Å². The van der Waals surface area contributed by atoms with Crippen LogP contribution in [0.15, 0.2) is 42.5 Å². The molecular formula is C21H21N3O4. The number of hydrogen-bond acceptors (Lipinski definition) is 5. The normalized spacial score (nSPS) is 15.9. The molecule has 0 bridgehead atoms. The maximum Gasteiger partial charge on any atom is 0.273 e. The Bertz CT molecular complexity index is 1040. The second kappa shape index (κ2) is 7.01. The molecule has 7 nitrogen and oxygen atoms in total. The highest BCUT2D eigenvalue weighted by atomic mass is 16.5. The SMILES string of the molecule is COCCN1C(=O)c2[nH]nc(-c3cc(C)ccc3O)c2C1c1cccc(O)c1. The molecular weight excluding hydrogens is 358 g/mol. The minimum absolute atomic E-state index is 0.0948. The smallest absolute Gasteiger partial charge is 0.273 e. The lowest BCUT2D eigenvalue weighted by Gasteiger charge is -2.26. The number of amides is 1. The van der Waals surface area contributed by atoms with E-state index < -0.39 is 6.04 Å². The molecule has 4 rings (SSSR count). The molecule has 3 aromatic rings. The van der Waals surface area contributed by atoms with Crippen LogP contribution in [0.1, 0.15) is 33.2 Å². The lowest BCUT2D eigenvalue weighted by atomic mass is 9.95. The van der Waals surface area contributed by atoms with Crippen molar-refractivity contribution in [3.8, 4) is 22.8 Å². The zero-order valence-electron chi connectivity index (χ0n) is 15.6. The van der Waals surface area contributed by atoms with Crippen LogP contribution in [0.3, 0.4) is 0 Å². The fourth-order valence-corrected chi connectivity index (χ4v) is 3.70. The van der Waals surface area contributed by atoms with Gasteiger partial charge in [-0.1, -0.05) is 23.8 Å². The molecule has 28 heavy (non-hydrogen) atoms. The molecule has 0 saturated carbocycles. The lowest BCUT2D eigenvalue weighted by Crippen LogP contribution is -2.32. The molecule has 0 saturated heterocycles. The summed E-state index contributed by atoms with van der Waals surface area (Å²) in [7, 11) is 1.58. The molecule has 2 aromatic carbocycles. The number of hydrogen-bond donors (Lipinski definition) is 3. The van der Waals surface area contributed by atoms with E-state index in [2.05, 4.69) is 10.2 Å². The van der Waals surface area contributed by atoms with Gasteiger partial charge in [0, 0.05) is 24.8 Å². The van der Waals surface area contributed by atoms with Crippen LogP contribution in [0, 0.1) is 6.92 Å². The van der Waals surface area contributed by atoms with Crippen molar-refractivity contribution in [2.75, 3.05) is 20.3 Å². The first-order valence-electron chi connectivity index (χ1n) is 8.98. The third kappa shape index (κ3) is 2.90. The van der Waals surface area contributed by atoms with Crippen molar-refractivity contribution in [1.29, 1.82) is 0 Å². The number of rotatable bonds is 5. The molecule has 0 aliphatic carbocycles. The zero-order valence-corrected chi connectivity index (χ0v) is 15.6. The molecule has 1 aromatic heterocycles. The third-order valence-corrected chi connectivity index (χ3v) is 4.99. The van der Waals surface area contributed by atoms with Gasteiger partial charge in [0.05, 0.1) is 12.6 Å². The molecule has 0 spiro atoms. The minimum Gasteiger partial charge on any atom is -0.508 e. The number of nitrogens with zero attached hydrogens (tertiary/aromatic N) is 2. The highest BCUT2D eigenvalue weighted by Gasteiger charge is 2.42. The molecule has 1 aliphatic heterocycles. The summed E-state index contributed by atoms with van der Waals surface area (Å²) in [5.41, 5.74) is 3.90. The van der Waals surface area contributed by atoms with Gasteiger partial charge in [-0.05, 0) is 36.8 Å².